The SMILES string of the molecule is CN(C)CCCNc1ccc2c(c1)-c1nc3ccc(Cl)cc3n1[C@H](Cc1ccccc1)C(=O)N2. The van der Waals surface area contributed by atoms with Crippen LogP contribution < -0.4 is 10.6 Å². The van der Waals surface area contributed by atoms with Crippen molar-refractivity contribution in [2.75, 3.05) is 37.8 Å². The molecule has 4 aromatic rings. The number of fused-ring (bicyclic) bond motifs is 5. The Morgan fingerprint density at radius 2 is 1.91 bits per heavy atom. The Morgan fingerprint density at radius 3 is 2.71 bits per heavy atom. The highest BCUT2D eigenvalue weighted by Crippen LogP contribution is 2.39. The molecule has 1 amide bonds. The fourth-order valence-corrected chi connectivity index (χ4v) is 4.67. The first-order chi connectivity index (χ1) is 16.5. The number of aromatic nitrogens is 2. The molecule has 0 bridgehead atoms. The van der Waals surface area contributed by atoms with Crippen molar-refractivity contribution in [3.63, 3.8) is 0 Å². The summed E-state index contributed by atoms with van der Waals surface area (Å²) in [6.45, 7) is 1.89. The summed E-state index contributed by atoms with van der Waals surface area (Å²) in [6, 6.07) is 21.3. The molecule has 34 heavy (non-hydrogen) atoms. The zero-order valence-corrected chi connectivity index (χ0v) is 20.1. The van der Waals surface area contributed by atoms with E-state index in [0.717, 1.165) is 58.9 Å². The summed E-state index contributed by atoms with van der Waals surface area (Å²) in [6.07, 6.45) is 1.60. The van der Waals surface area contributed by atoms with Crippen molar-refractivity contribution >= 4 is 39.9 Å². The zero-order chi connectivity index (χ0) is 23.7. The van der Waals surface area contributed by atoms with Crippen LogP contribution in [0.25, 0.3) is 22.4 Å². The van der Waals surface area contributed by atoms with Crippen LogP contribution in [0.15, 0.2) is 66.7 Å². The van der Waals surface area contributed by atoms with E-state index in [4.69, 9.17) is 16.6 Å². The number of imidazole rings is 1. The van der Waals surface area contributed by atoms with Crippen LogP contribution in [0.3, 0.4) is 0 Å². The molecule has 0 saturated heterocycles. The van der Waals surface area contributed by atoms with Crippen LogP contribution in [0.2, 0.25) is 5.02 Å². The van der Waals surface area contributed by atoms with E-state index in [9.17, 15) is 4.79 Å². The van der Waals surface area contributed by atoms with Crippen LogP contribution in [0.5, 0.6) is 0 Å². The predicted molar refractivity (Wildman–Crippen MR) is 140 cm³/mol. The molecule has 1 aliphatic rings. The van der Waals surface area contributed by atoms with Gasteiger partial charge in [-0.2, -0.15) is 0 Å². The molecule has 0 aliphatic carbocycles. The van der Waals surface area contributed by atoms with Gasteiger partial charge in [-0.3, -0.25) is 4.79 Å². The molecule has 1 aliphatic heterocycles. The number of carbonyl (C=O) groups excluding carboxylic acids is 1. The van der Waals surface area contributed by atoms with Gasteiger partial charge in [-0.15, -0.1) is 0 Å². The normalized spacial score (nSPS) is 15.1. The first-order valence-corrected chi connectivity index (χ1v) is 11.9. The third kappa shape index (κ3) is 4.52. The van der Waals surface area contributed by atoms with Gasteiger partial charge in [-0.25, -0.2) is 4.98 Å². The van der Waals surface area contributed by atoms with E-state index < -0.39 is 6.04 Å². The summed E-state index contributed by atoms with van der Waals surface area (Å²) in [5.74, 6) is 0.707. The third-order valence-corrected chi connectivity index (χ3v) is 6.40. The molecule has 6 nitrogen and oxygen atoms in total. The van der Waals surface area contributed by atoms with Gasteiger partial charge in [0, 0.05) is 29.2 Å². The lowest BCUT2D eigenvalue weighted by Crippen LogP contribution is -2.26. The van der Waals surface area contributed by atoms with Crippen LogP contribution in [0.1, 0.15) is 18.0 Å². The van der Waals surface area contributed by atoms with Gasteiger partial charge in [0.1, 0.15) is 11.9 Å². The molecule has 1 aromatic heterocycles. The van der Waals surface area contributed by atoms with Crippen molar-refractivity contribution in [1.29, 1.82) is 0 Å². The van der Waals surface area contributed by atoms with Gasteiger partial charge in [0.05, 0.1) is 16.7 Å². The number of nitrogens with zero attached hydrogens (tertiary/aromatic N) is 3. The summed E-state index contributed by atoms with van der Waals surface area (Å²) in [4.78, 5) is 20.7. The van der Waals surface area contributed by atoms with E-state index >= 15 is 0 Å². The van der Waals surface area contributed by atoms with Crippen LogP contribution in [-0.4, -0.2) is 47.5 Å². The Kier molecular flexibility index (Phi) is 6.26. The predicted octanol–water partition coefficient (Wildman–Crippen LogP) is 5.46. The number of halogens is 1. The molecule has 5 rings (SSSR count). The lowest BCUT2D eigenvalue weighted by atomic mass is 10.0. The van der Waals surface area contributed by atoms with Gasteiger partial charge in [-0.1, -0.05) is 41.9 Å². The van der Waals surface area contributed by atoms with Crippen molar-refractivity contribution in [3.8, 4) is 11.4 Å². The lowest BCUT2D eigenvalue weighted by molar-refractivity contribution is -0.119. The summed E-state index contributed by atoms with van der Waals surface area (Å²) < 4.78 is 2.05. The molecular weight excluding hydrogens is 446 g/mol. The topological polar surface area (TPSA) is 62.2 Å². The molecule has 2 heterocycles. The molecule has 0 fully saturated rings. The highest BCUT2D eigenvalue weighted by molar-refractivity contribution is 6.31. The number of hydrogen-bond acceptors (Lipinski definition) is 4. The minimum Gasteiger partial charge on any atom is -0.385 e. The smallest absolute Gasteiger partial charge is 0.247 e. The zero-order valence-electron chi connectivity index (χ0n) is 19.4. The van der Waals surface area contributed by atoms with Crippen molar-refractivity contribution in [1.82, 2.24) is 14.5 Å². The summed E-state index contributed by atoms with van der Waals surface area (Å²) in [5, 5.41) is 7.28. The molecule has 3 aromatic carbocycles. The fraction of sp³-hybridized carbons (Fsp3) is 0.259. The number of amides is 1. The first-order valence-electron chi connectivity index (χ1n) is 11.5. The molecule has 7 heteroatoms. The fourth-order valence-electron chi connectivity index (χ4n) is 4.50. The van der Waals surface area contributed by atoms with E-state index in [1.807, 2.05) is 65.2 Å². The second-order valence-electron chi connectivity index (χ2n) is 8.98. The Bertz CT molecular complexity index is 1330. The van der Waals surface area contributed by atoms with E-state index in [0.29, 0.717) is 11.4 Å². The van der Waals surface area contributed by atoms with Crippen LogP contribution in [0.4, 0.5) is 11.4 Å². The van der Waals surface area contributed by atoms with E-state index in [-0.39, 0.29) is 5.91 Å². The molecule has 174 valence electrons. The van der Waals surface area contributed by atoms with Crippen molar-refractivity contribution in [2.24, 2.45) is 0 Å². The minimum atomic E-state index is -0.454. The Hall–Kier alpha value is -3.35. The van der Waals surface area contributed by atoms with Gasteiger partial charge in [0.2, 0.25) is 5.91 Å². The summed E-state index contributed by atoms with van der Waals surface area (Å²) in [5.41, 5.74) is 5.44. The molecule has 0 radical (unpaired) electrons. The Labute approximate surface area is 204 Å². The van der Waals surface area contributed by atoms with Gasteiger partial charge in [0.15, 0.2) is 0 Å². The van der Waals surface area contributed by atoms with Crippen LogP contribution in [0, 0.1) is 0 Å². The maximum Gasteiger partial charge on any atom is 0.247 e. The highest BCUT2D eigenvalue weighted by Gasteiger charge is 2.31. The maximum atomic E-state index is 13.5. The van der Waals surface area contributed by atoms with E-state index in [2.05, 4.69) is 35.7 Å². The van der Waals surface area contributed by atoms with Gasteiger partial charge in [-0.05, 0) is 69.0 Å². The number of carbonyl (C=O) groups is 1. The third-order valence-electron chi connectivity index (χ3n) is 6.17. The second kappa shape index (κ2) is 9.49. The molecule has 2 N–H and O–H groups in total. The summed E-state index contributed by atoms with van der Waals surface area (Å²) in [7, 11) is 4.15. The molecule has 1 atom stereocenters. The van der Waals surface area contributed by atoms with Crippen molar-refractivity contribution in [3.05, 3.63) is 77.3 Å². The second-order valence-corrected chi connectivity index (χ2v) is 9.41. The highest BCUT2D eigenvalue weighted by atomic mass is 35.5. The maximum absolute atomic E-state index is 13.5. The average molecular weight is 474 g/mol. The number of anilines is 2. The van der Waals surface area contributed by atoms with Gasteiger partial charge >= 0.3 is 0 Å². The molecular formula is C27H28ClN5O. The van der Waals surface area contributed by atoms with Crippen molar-refractivity contribution in [2.45, 2.75) is 18.9 Å². The Balaban J connectivity index is 1.59. The molecule has 0 spiro atoms. The van der Waals surface area contributed by atoms with E-state index in [1.165, 1.54) is 0 Å². The quantitative estimate of drug-likeness (QED) is 0.350. The number of rotatable bonds is 7. The van der Waals surface area contributed by atoms with Crippen LogP contribution in [-0.2, 0) is 11.2 Å². The van der Waals surface area contributed by atoms with Crippen LogP contribution >= 0.6 is 11.6 Å². The van der Waals surface area contributed by atoms with Gasteiger partial charge < -0.3 is 20.1 Å². The lowest BCUT2D eigenvalue weighted by Gasteiger charge is -2.18. The molecule has 0 saturated carbocycles. The van der Waals surface area contributed by atoms with Gasteiger partial charge in [0.25, 0.3) is 0 Å². The van der Waals surface area contributed by atoms with Crippen molar-refractivity contribution < 1.29 is 4.79 Å². The average Bonchev–Trinajstić information content (AvgIpc) is 3.14. The first kappa shape index (κ1) is 22.4. The standard InChI is InChI=1S/C27H28ClN5O/c1-32(2)14-6-13-29-20-10-12-22-21(17-20)26-30-23-11-9-19(28)16-24(23)33(26)25(27(34)31-22)15-18-7-4-3-5-8-18/h3-5,7-12,16-17,25,29H,6,13-15H2,1-2H3,(H,31,34)/t25-/m1/s1. The Morgan fingerprint density at radius 1 is 1.09 bits per heavy atom. The largest absolute Gasteiger partial charge is 0.385 e. The number of benzene rings is 3. The summed E-state index contributed by atoms with van der Waals surface area (Å²) >= 11 is 6.37. The number of nitrogens with one attached hydrogen (secondary N) is 2. The minimum absolute atomic E-state index is 0.0604. The monoisotopic (exact) mass is 473 g/mol. The number of hydrogen-bond donors (Lipinski definition) is 2. The molecule has 0 unspecified atom stereocenters. The van der Waals surface area contributed by atoms with E-state index in [1.54, 1.807) is 0 Å².